The molecule has 21 heavy (non-hydrogen) atoms. The van der Waals surface area contributed by atoms with Crippen LogP contribution in [0.2, 0.25) is 0 Å². The second-order valence-corrected chi connectivity index (χ2v) is 6.09. The first-order chi connectivity index (χ1) is 10.00. The van der Waals surface area contributed by atoms with Gasteiger partial charge in [0.15, 0.2) is 5.78 Å². The number of benzene rings is 2. The Kier molecular flexibility index (Phi) is 3.17. The van der Waals surface area contributed by atoms with Crippen LogP contribution in [0.1, 0.15) is 30.5 Å². The van der Waals surface area contributed by atoms with E-state index in [0.29, 0.717) is 12.1 Å². The number of nitrogen functional groups attached to an aromatic ring is 1. The van der Waals surface area contributed by atoms with Gasteiger partial charge in [-0.05, 0) is 42.7 Å². The zero-order valence-electron chi connectivity index (χ0n) is 12.4. The average Bonchev–Trinajstić information content (AvgIpc) is 2.47. The van der Waals surface area contributed by atoms with E-state index in [1.807, 2.05) is 56.3 Å². The first-order valence-corrected chi connectivity index (χ1v) is 7.18. The highest BCUT2D eigenvalue weighted by molar-refractivity contribution is 6.08. The number of carbonyl (C=O) groups is 1. The monoisotopic (exact) mass is 277 g/mol. The minimum absolute atomic E-state index is 0.185. The highest BCUT2D eigenvalue weighted by Crippen LogP contribution is 2.37. The van der Waals surface area contributed by atoms with Crippen molar-refractivity contribution in [2.75, 3.05) is 5.73 Å². The smallest absolute Gasteiger partial charge is 0.169 e. The van der Waals surface area contributed by atoms with Crippen molar-refractivity contribution < 1.29 is 4.79 Å². The number of para-hydroxylation sites is 1. The summed E-state index contributed by atoms with van der Waals surface area (Å²) in [5.74, 6) is 0.185. The van der Waals surface area contributed by atoms with Gasteiger partial charge in [-0.25, -0.2) is 0 Å². The lowest BCUT2D eigenvalue weighted by Gasteiger charge is -2.32. The van der Waals surface area contributed by atoms with Crippen molar-refractivity contribution >= 4 is 17.5 Å². The van der Waals surface area contributed by atoms with E-state index in [2.05, 4.69) is 12.1 Å². The van der Waals surface area contributed by atoms with E-state index in [9.17, 15) is 4.79 Å². The van der Waals surface area contributed by atoms with Gasteiger partial charge in [0.2, 0.25) is 0 Å². The molecule has 0 aliphatic heterocycles. The summed E-state index contributed by atoms with van der Waals surface area (Å²) in [7, 11) is 0. The average molecular weight is 277 g/mol. The molecule has 106 valence electrons. The van der Waals surface area contributed by atoms with Gasteiger partial charge in [0.05, 0.1) is 5.41 Å². The minimum Gasteiger partial charge on any atom is -0.398 e. The van der Waals surface area contributed by atoms with E-state index >= 15 is 0 Å². The van der Waals surface area contributed by atoms with Gasteiger partial charge in [0.25, 0.3) is 0 Å². The Bertz CT molecular complexity index is 741. The molecule has 0 heterocycles. The van der Waals surface area contributed by atoms with Gasteiger partial charge in [-0.1, -0.05) is 42.5 Å². The molecule has 0 spiro atoms. The maximum absolute atomic E-state index is 12.8. The maximum Gasteiger partial charge on any atom is 0.169 e. The molecule has 2 nitrogen and oxygen atoms in total. The standard InChI is InChI=1S/C19H19NO/c1-19(2)16-9-5-3-7-13(16)11-15(18(19)21)12-14-8-4-6-10-17(14)20/h3-10,12H,11,20H2,1-2H3/b15-12+. The molecular formula is C19H19NO. The molecule has 0 radical (unpaired) electrons. The van der Waals surface area contributed by atoms with Crippen LogP contribution in [-0.2, 0) is 16.6 Å². The van der Waals surface area contributed by atoms with Crippen molar-refractivity contribution in [1.82, 2.24) is 0 Å². The summed E-state index contributed by atoms with van der Waals surface area (Å²) in [6.07, 6.45) is 2.61. The van der Waals surface area contributed by atoms with Crippen molar-refractivity contribution in [3.05, 3.63) is 70.8 Å². The van der Waals surface area contributed by atoms with Crippen molar-refractivity contribution in [3.8, 4) is 0 Å². The Morgan fingerprint density at radius 1 is 1.05 bits per heavy atom. The number of hydrogen-bond donors (Lipinski definition) is 1. The molecular weight excluding hydrogens is 258 g/mol. The molecule has 0 bridgehead atoms. The molecule has 2 aromatic rings. The lowest BCUT2D eigenvalue weighted by Crippen LogP contribution is -2.36. The Hall–Kier alpha value is -2.35. The summed E-state index contributed by atoms with van der Waals surface area (Å²) >= 11 is 0. The van der Waals surface area contributed by atoms with Crippen molar-refractivity contribution in [2.24, 2.45) is 0 Å². The second kappa shape index (κ2) is 4.88. The molecule has 0 saturated carbocycles. The lowest BCUT2D eigenvalue weighted by molar-refractivity contribution is -0.120. The molecule has 2 N–H and O–H groups in total. The summed E-state index contributed by atoms with van der Waals surface area (Å²) in [4.78, 5) is 12.8. The van der Waals surface area contributed by atoms with Gasteiger partial charge in [-0.15, -0.1) is 0 Å². The normalized spacial score (nSPS) is 18.6. The van der Waals surface area contributed by atoms with E-state index in [1.54, 1.807) is 0 Å². The molecule has 2 heteroatoms. The van der Waals surface area contributed by atoms with Crippen molar-refractivity contribution in [2.45, 2.75) is 25.7 Å². The number of allylic oxidation sites excluding steroid dienone is 1. The maximum atomic E-state index is 12.8. The molecule has 0 fully saturated rings. The Labute approximate surface area is 125 Å². The first-order valence-electron chi connectivity index (χ1n) is 7.18. The fourth-order valence-electron chi connectivity index (χ4n) is 3.04. The first kappa shape index (κ1) is 13.6. The van der Waals surface area contributed by atoms with Crippen LogP contribution in [0.15, 0.2) is 54.1 Å². The summed E-state index contributed by atoms with van der Waals surface area (Å²) < 4.78 is 0. The number of carbonyl (C=O) groups excluding carboxylic acids is 1. The number of fused-ring (bicyclic) bond motifs is 1. The predicted molar refractivity (Wildman–Crippen MR) is 87.0 cm³/mol. The Balaban J connectivity index is 2.11. The van der Waals surface area contributed by atoms with Crippen LogP contribution in [0.3, 0.4) is 0 Å². The molecule has 2 aromatic carbocycles. The van der Waals surface area contributed by atoms with E-state index in [1.165, 1.54) is 5.56 Å². The topological polar surface area (TPSA) is 43.1 Å². The zero-order chi connectivity index (χ0) is 15.0. The molecule has 0 aromatic heterocycles. The molecule has 0 atom stereocenters. The predicted octanol–water partition coefficient (Wildman–Crippen LogP) is 3.76. The van der Waals surface area contributed by atoms with Crippen molar-refractivity contribution in [3.63, 3.8) is 0 Å². The Morgan fingerprint density at radius 2 is 1.71 bits per heavy atom. The number of hydrogen-bond acceptors (Lipinski definition) is 2. The molecule has 1 aliphatic carbocycles. The van der Waals surface area contributed by atoms with Crippen LogP contribution in [0.25, 0.3) is 6.08 Å². The van der Waals surface area contributed by atoms with E-state index in [-0.39, 0.29) is 5.78 Å². The van der Waals surface area contributed by atoms with Gasteiger partial charge in [-0.3, -0.25) is 4.79 Å². The van der Waals surface area contributed by atoms with Crippen LogP contribution >= 0.6 is 0 Å². The van der Waals surface area contributed by atoms with Crippen molar-refractivity contribution in [1.29, 1.82) is 0 Å². The third kappa shape index (κ3) is 2.27. The van der Waals surface area contributed by atoms with Crippen LogP contribution in [0, 0.1) is 0 Å². The van der Waals surface area contributed by atoms with Crippen LogP contribution in [0.5, 0.6) is 0 Å². The minimum atomic E-state index is -0.482. The number of Topliss-reactive ketones (excluding diaryl/α,β-unsaturated/α-hetero) is 1. The highest BCUT2D eigenvalue weighted by atomic mass is 16.1. The van der Waals surface area contributed by atoms with E-state index < -0.39 is 5.41 Å². The van der Waals surface area contributed by atoms with Gasteiger partial charge in [0.1, 0.15) is 0 Å². The quantitative estimate of drug-likeness (QED) is 0.637. The number of ketones is 1. The van der Waals surface area contributed by atoms with Gasteiger partial charge < -0.3 is 5.73 Å². The number of anilines is 1. The van der Waals surface area contributed by atoms with Gasteiger partial charge >= 0.3 is 0 Å². The van der Waals surface area contributed by atoms with Crippen LogP contribution < -0.4 is 5.73 Å². The van der Waals surface area contributed by atoms with E-state index in [4.69, 9.17) is 5.73 Å². The third-order valence-electron chi connectivity index (χ3n) is 4.26. The van der Waals surface area contributed by atoms with Crippen LogP contribution in [-0.4, -0.2) is 5.78 Å². The lowest BCUT2D eigenvalue weighted by atomic mass is 9.69. The number of rotatable bonds is 1. The third-order valence-corrected chi connectivity index (χ3v) is 4.26. The number of nitrogens with two attached hydrogens (primary N) is 1. The SMILES string of the molecule is CC1(C)C(=O)/C(=C/c2ccccc2N)Cc2ccccc21. The summed E-state index contributed by atoms with van der Waals surface area (Å²) in [6, 6.07) is 15.8. The molecule has 3 rings (SSSR count). The summed E-state index contributed by atoms with van der Waals surface area (Å²) in [6.45, 7) is 3.99. The fraction of sp³-hybridized carbons (Fsp3) is 0.211. The van der Waals surface area contributed by atoms with Gasteiger partial charge in [-0.2, -0.15) is 0 Å². The summed E-state index contributed by atoms with van der Waals surface area (Å²) in [5, 5.41) is 0. The summed E-state index contributed by atoms with van der Waals surface area (Å²) in [5.41, 5.74) is 10.3. The second-order valence-electron chi connectivity index (χ2n) is 6.09. The zero-order valence-corrected chi connectivity index (χ0v) is 12.4. The molecule has 0 saturated heterocycles. The largest absolute Gasteiger partial charge is 0.398 e. The van der Waals surface area contributed by atoms with E-state index in [0.717, 1.165) is 16.7 Å². The van der Waals surface area contributed by atoms with Gasteiger partial charge in [0, 0.05) is 17.7 Å². The molecule has 0 amide bonds. The Morgan fingerprint density at radius 3 is 2.48 bits per heavy atom. The molecule has 0 unspecified atom stereocenters. The molecule has 1 aliphatic rings. The highest BCUT2D eigenvalue weighted by Gasteiger charge is 2.37. The van der Waals surface area contributed by atoms with Crippen LogP contribution in [0.4, 0.5) is 5.69 Å². The fourth-order valence-corrected chi connectivity index (χ4v) is 3.04.